The number of fused-ring (bicyclic) bond motifs is 1. The summed E-state index contributed by atoms with van der Waals surface area (Å²) >= 11 is 0. The van der Waals surface area contributed by atoms with Gasteiger partial charge in [-0.1, -0.05) is 32.0 Å². The first kappa shape index (κ1) is 21.4. The summed E-state index contributed by atoms with van der Waals surface area (Å²) in [6, 6.07) is 7.39. The molecule has 0 saturated carbocycles. The second kappa shape index (κ2) is 9.75. The van der Waals surface area contributed by atoms with Crippen LogP contribution in [0.3, 0.4) is 0 Å². The zero-order valence-corrected chi connectivity index (χ0v) is 16.7. The van der Waals surface area contributed by atoms with Gasteiger partial charge >= 0.3 is 0 Å². The van der Waals surface area contributed by atoms with Crippen LogP contribution in [0.2, 0.25) is 0 Å². The van der Waals surface area contributed by atoms with Crippen LogP contribution in [0, 0.1) is 6.92 Å². The lowest BCUT2D eigenvalue weighted by atomic mass is 10.1. The summed E-state index contributed by atoms with van der Waals surface area (Å²) in [6.45, 7) is 9.42. The third-order valence-corrected chi connectivity index (χ3v) is 3.50. The molecule has 6 nitrogen and oxygen atoms in total. The number of pyridine rings is 1. The molecule has 0 aliphatic heterocycles. The molecule has 1 N–H and O–H groups in total. The van der Waals surface area contributed by atoms with Crippen LogP contribution in [-0.4, -0.2) is 48.4 Å². The van der Waals surface area contributed by atoms with Crippen molar-refractivity contribution < 1.29 is 14.3 Å². The molecule has 1 aromatic heterocycles. The average molecular weight is 359 g/mol. The van der Waals surface area contributed by atoms with Crippen LogP contribution in [0.5, 0.6) is 5.75 Å². The minimum absolute atomic E-state index is 0.0130. The number of ether oxygens (including phenoxy) is 1. The number of amides is 2. The lowest BCUT2D eigenvalue weighted by molar-refractivity contribution is -0.130. The van der Waals surface area contributed by atoms with Gasteiger partial charge in [0, 0.05) is 25.5 Å². The van der Waals surface area contributed by atoms with Crippen LogP contribution in [-0.2, 0) is 4.79 Å². The number of nitrogens with one attached hydrogen (secondary N) is 1. The topological polar surface area (TPSA) is 71.5 Å². The first-order valence-electron chi connectivity index (χ1n) is 8.84. The van der Waals surface area contributed by atoms with E-state index >= 15 is 0 Å². The molecule has 0 spiro atoms. The van der Waals surface area contributed by atoms with E-state index in [1.54, 1.807) is 21.0 Å². The summed E-state index contributed by atoms with van der Waals surface area (Å²) in [4.78, 5) is 30.5. The molecular weight excluding hydrogens is 330 g/mol. The second-order valence-electron chi connectivity index (χ2n) is 6.12. The number of rotatable bonds is 5. The van der Waals surface area contributed by atoms with Crippen LogP contribution in [0.1, 0.15) is 43.7 Å². The highest BCUT2D eigenvalue weighted by Gasteiger charge is 2.21. The second-order valence-corrected chi connectivity index (χ2v) is 6.12. The summed E-state index contributed by atoms with van der Waals surface area (Å²) in [5, 5.41) is 3.59. The van der Waals surface area contributed by atoms with Crippen molar-refractivity contribution in [1.29, 1.82) is 0 Å². The number of carbonyl (C=O) groups is 2. The molecule has 0 unspecified atom stereocenters. The monoisotopic (exact) mass is 359 g/mol. The van der Waals surface area contributed by atoms with Crippen molar-refractivity contribution in [1.82, 2.24) is 15.2 Å². The number of aryl methyl sites for hydroxylation is 1. The SMILES string of the molecule is CC.Cc1nc2ccccc2c(C(=O)NC(C)C)c1OCC(=O)N(C)C. The van der Waals surface area contributed by atoms with Crippen LogP contribution in [0.4, 0.5) is 0 Å². The Bertz CT molecular complexity index is 770. The van der Waals surface area contributed by atoms with E-state index in [4.69, 9.17) is 4.74 Å². The van der Waals surface area contributed by atoms with E-state index in [0.717, 1.165) is 5.52 Å². The van der Waals surface area contributed by atoms with Gasteiger partial charge in [-0.25, -0.2) is 4.98 Å². The molecule has 2 rings (SSSR count). The number of hydrogen-bond donors (Lipinski definition) is 1. The Morgan fingerprint density at radius 2 is 1.81 bits per heavy atom. The van der Waals surface area contributed by atoms with Gasteiger partial charge in [-0.05, 0) is 26.8 Å². The van der Waals surface area contributed by atoms with Gasteiger partial charge in [-0.15, -0.1) is 0 Å². The Kier molecular flexibility index (Phi) is 8.03. The normalized spacial score (nSPS) is 10.2. The summed E-state index contributed by atoms with van der Waals surface area (Å²) in [5.41, 5.74) is 1.71. The zero-order valence-electron chi connectivity index (χ0n) is 16.7. The highest BCUT2D eigenvalue weighted by Crippen LogP contribution is 2.30. The van der Waals surface area contributed by atoms with Gasteiger partial charge in [0.2, 0.25) is 0 Å². The summed E-state index contributed by atoms with van der Waals surface area (Å²) in [6.07, 6.45) is 0. The number of hydrogen-bond acceptors (Lipinski definition) is 4. The lowest BCUT2D eigenvalue weighted by Gasteiger charge is -2.18. The van der Waals surface area contributed by atoms with Crippen molar-refractivity contribution in [2.75, 3.05) is 20.7 Å². The van der Waals surface area contributed by atoms with Crippen LogP contribution < -0.4 is 10.1 Å². The first-order chi connectivity index (χ1) is 12.3. The quantitative estimate of drug-likeness (QED) is 0.890. The van der Waals surface area contributed by atoms with E-state index in [1.165, 1.54) is 4.90 Å². The van der Waals surface area contributed by atoms with E-state index < -0.39 is 0 Å². The van der Waals surface area contributed by atoms with Crippen LogP contribution in [0.25, 0.3) is 10.9 Å². The molecule has 2 aromatic rings. The first-order valence-corrected chi connectivity index (χ1v) is 8.84. The largest absolute Gasteiger partial charge is 0.481 e. The van der Waals surface area contributed by atoms with E-state index in [0.29, 0.717) is 22.4 Å². The van der Waals surface area contributed by atoms with Crippen molar-refractivity contribution in [3.05, 3.63) is 35.5 Å². The van der Waals surface area contributed by atoms with Crippen molar-refractivity contribution >= 4 is 22.7 Å². The van der Waals surface area contributed by atoms with E-state index in [-0.39, 0.29) is 24.5 Å². The van der Waals surface area contributed by atoms with Crippen molar-refractivity contribution in [2.45, 2.75) is 40.7 Å². The fourth-order valence-electron chi connectivity index (χ4n) is 2.32. The summed E-state index contributed by atoms with van der Waals surface area (Å²) < 4.78 is 5.69. The van der Waals surface area contributed by atoms with Gasteiger partial charge in [-0.2, -0.15) is 0 Å². The van der Waals surface area contributed by atoms with Crippen LogP contribution >= 0.6 is 0 Å². The van der Waals surface area contributed by atoms with Gasteiger partial charge in [0.15, 0.2) is 12.4 Å². The van der Waals surface area contributed by atoms with E-state index in [1.807, 2.05) is 52.0 Å². The molecule has 2 amide bonds. The predicted octanol–water partition coefficient (Wildman–Crippen LogP) is 3.17. The molecule has 6 heteroatoms. The highest BCUT2D eigenvalue weighted by atomic mass is 16.5. The minimum Gasteiger partial charge on any atom is -0.481 e. The standard InChI is InChI=1S/C18H23N3O3.C2H6/c1-11(2)19-18(23)16-13-8-6-7-9-14(13)20-12(3)17(16)24-10-15(22)21(4)5;1-2/h6-9,11H,10H2,1-5H3,(H,19,23);1-2H3. The fraction of sp³-hybridized carbons (Fsp3) is 0.450. The Morgan fingerprint density at radius 3 is 2.38 bits per heavy atom. The maximum atomic E-state index is 12.7. The Balaban J connectivity index is 0.00000163. The molecule has 0 bridgehead atoms. The Labute approximate surface area is 155 Å². The van der Waals surface area contributed by atoms with E-state index in [2.05, 4.69) is 10.3 Å². The maximum absolute atomic E-state index is 12.7. The van der Waals surface area contributed by atoms with Crippen molar-refractivity contribution in [3.63, 3.8) is 0 Å². The van der Waals surface area contributed by atoms with Gasteiger partial charge in [0.05, 0.1) is 16.8 Å². The number of para-hydroxylation sites is 1. The summed E-state index contributed by atoms with van der Waals surface area (Å²) in [7, 11) is 3.31. The third kappa shape index (κ3) is 5.18. The average Bonchev–Trinajstić information content (AvgIpc) is 2.60. The number of nitrogens with zero attached hydrogens (tertiary/aromatic N) is 2. The van der Waals surface area contributed by atoms with Crippen molar-refractivity contribution in [2.24, 2.45) is 0 Å². The molecule has 0 saturated heterocycles. The van der Waals surface area contributed by atoms with Gasteiger partial charge < -0.3 is 15.0 Å². The highest BCUT2D eigenvalue weighted by molar-refractivity contribution is 6.09. The molecule has 0 radical (unpaired) electrons. The molecule has 0 aliphatic rings. The molecular formula is C20H29N3O3. The Morgan fingerprint density at radius 1 is 1.19 bits per heavy atom. The lowest BCUT2D eigenvalue weighted by Crippen LogP contribution is -2.32. The van der Waals surface area contributed by atoms with Crippen molar-refractivity contribution in [3.8, 4) is 5.75 Å². The maximum Gasteiger partial charge on any atom is 0.259 e. The molecule has 1 aromatic carbocycles. The zero-order chi connectivity index (χ0) is 19.9. The Hall–Kier alpha value is -2.63. The fourth-order valence-corrected chi connectivity index (χ4v) is 2.32. The number of aromatic nitrogens is 1. The van der Waals surface area contributed by atoms with Gasteiger partial charge in [-0.3, -0.25) is 9.59 Å². The molecule has 1 heterocycles. The molecule has 26 heavy (non-hydrogen) atoms. The molecule has 0 atom stereocenters. The third-order valence-electron chi connectivity index (χ3n) is 3.50. The van der Waals surface area contributed by atoms with Gasteiger partial charge in [0.25, 0.3) is 11.8 Å². The smallest absolute Gasteiger partial charge is 0.259 e. The van der Waals surface area contributed by atoms with Gasteiger partial charge in [0.1, 0.15) is 0 Å². The molecule has 0 fully saturated rings. The number of carbonyl (C=O) groups excluding carboxylic acids is 2. The summed E-state index contributed by atoms with van der Waals surface area (Å²) in [5.74, 6) is -0.0705. The molecule has 0 aliphatic carbocycles. The molecule has 142 valence electrons. The van der Waals surface area contributed by atoms with Crippen LogP contribution in [0.15, 0.2) is 24.3 Å². The predicted molar refractivity (Wildman–Crippen MR) is 105 cm³/mol. The minimum atomic E-state index is -0.237. The van der Waals surface area contributed by atoms with E-state index in [9.17, 15) is 9.59 Å². The number of likely N-dealkylation sites (N-methyl/N-ethyl adjacent to an activating group) is 1. The number of benzene rings is 1.